The first-order valence-electron chi connectivity index (χ1n) is 6.76. The molecule has 1 aromatic carbocycles. The van der Waals surface area contributed by atoms with E-state index in [1.807, 2.05) is 12.1 Å². The van der Waals surface area contributed by atoms with E-state index >= 15 is 0 Å². The van der Waals surface area contributed by atoms with Gasteiger partial charge < -0.3 is 9.47 Å². The number of fused-ring (bicyclic) bond motifs is 1. The molecule has 0 atom stereocenters. The van der Waals surface area contributed by atoms with Crippen molar-refractivity contribution in [2.24, 2.45) is 0 Å². The molecule has 0 aliphatic carbocycles. The second-order valence-corrected chi connectivity index (χ2v) is 4.95. The van der Waals surface area contributed by atoms with Crippen molar-refractivity contribution in [3.05, 3.63) is 48.3 Å². The SMILES string of the molecule is COc1cc2cncc(-c3cnc(F)c(C)c3)c2cc1OC. The summed E-state index contributed by atoms with van der Waals surface area (Å²) in [6, 6.07) is 5.52. The molecule has 4 nitrogen and oxygen atoms in total. The summed E-state index contributed by atoms with van der Waals surface area (Å²) in [4.78, 5) is 8.04. The maximum atomic E-state index is 13.4. The van der Waals surface area contributed by atoms with Gasteiger partial charge in [0.2, 0.25) is 5.95 Å². The van der Waals surface area contributed by atoms with Gasteiger partial charge in [0.25, 0.3) is 0 Å². The minimum absolute atomic E-state index is 0.462. The molecule has 0 aliphatic heterocycles. The lowest BCUT2D eigenvalue weighted by Gasteiger charge is -2.12. The molecule has 0 N–H and O–H groups in total. The van der Waals surface area contributed by atoms with Gasteiger partial charge in [-0.3, -0.25) is 4.98 Å². The summed E-state index contributed by atoms with van der Waals surface area (Å²) >= 11 is 0. The van der Waals surface area contributed by atoms with Gasteiger partial charge in [-0.1, -0.05) is 0 Å². The summed E-state index contributed by atoms with van der Waals surface area (Å²) in [5.74, 6) is 0.813. The number of ether oxygens (including phenoxy) is 2. The third kappa shape index (κ3) is 2.35. The minimum Gasteiger partial charge on any atom is -0.493 e. The molecule has 2 heterocycles. The van der Waals surface area contributed by atoms with Crippen molar-refractivity contribution in [3.63, 3.8) is 0 Å². The molecule has 0 aliphatic rings. The van der Waals surface area contributed by atoms with Gasteiger partial charge in [0.05, 0.1) is 14.2 Å². The molecule has 3 rings (SSSR count). The summed E-state index contributed by atoms with van der Waals surface area (Å²) in [5.41, 5.74) is 2.17. The second kappa shape index (κ2) is 5.60. The van der Waals surface area contributed by atoms with Gasteiger partial charge in [-0.25, -0.2) is 4.98 Å². The maximum absolute atomic E-state index is 13.4. The maximum Gasteiger partial charge on any atom is 0.215 e. The van der Waals surface area contributed by atoms with Crippen molar-refractivity contribution in [1.82, 2.24) is 9.97 Å². The molecule has 0 saturated heterocycles. The molecule has 0 spiro atoms. The number of pyridine rings is 2. The van der Waals surface area contributed by atoms with Crippen molar-refractivity contribution in [2.45, 2.75) is 6.92 Å². The van der Waals surface area contributed by atoms with Crippen LogP contribution in [0.2, 0.25) is 0 Å². The van der Waals surface area contributed by atoms with E-state index in [9.17, 15) is 4.39 Å². The van der Waals surface area contributed by atoms with E-state index in [2.05, 4.69) is 9.97 Å². The Bertz CT molecular complexity index is 849. The summed E-state index contributed by atoms with van der Waals surface area (Å²) in [6.07, 6.45) is 5.00. The molecule has 22 heavy (non-hydrogen) atoms. The lowest BCUT2D eigenvalue weighted by Crippen LogP contribution is -1.93. The van der Waals surface area contributed by atoms with E-state index < -0.39 is 5.95 Å². The Hall–Kier alpha value is -2.69. The fourth-order valence-electron chi connectivity index (χ4n) is 2.43. The number of rotatable bonds is 3. The lowest BCUT2D eigenvalue weighted by atomic mass is 10.0. The van der Waals surface area contributed by atoms with Gasteiger partial charge in [0, 0.05) is 40.7 Å². The van der Waals surface area contributed by atoms with Gasteiger partial charge in [-0.05, 0) is 30.5 Å². The Balaban J connectivity index is 2.27. The van der Waals surface area contributed by atoms with Gasteiger partial charge in [-0.2, -0.15) is 4.39 Å². The van der Waals surface area contributed by atoms with Crippen LogP contribution in [0.1, 0.15) is 5.56 Å². The first kappa shape index (κ1) is 14.3. The molecular formula is C17H15FN2O2. The molecule has 0 bridgehead atoms. The highest BCUT2D eigenvalue weighted by atomic mass is 19.1. The highest BCUT2D eigenvalue weighted by molar-refractivity contribution is 5.97. The topological polar surface area (TPSA) is 44.2 Å². The van der Waals surface area contributed by atoms with Gasteiger partial charge in [0.15, 0.2) is 11.5 Å². The monoisotopic (exact) mass is 298 g/mol. The van der Waals surface area contributed by atoms with E-state index in [1.54, 1.807) is 39.6 Å². The van der Waals surface area contributed by atoms with Crippen LogP contribution in [0.5, 0.6) is 11.5 Å². The van der Waals surface area contributed by atoms with Crippen LogP contribution in [-0.2, 0) is 0 Å². The predicted molar refractivity (Wildman–Crippen MR) is 82.8 cm³/mol. The van der Waals surface area contributed by atoms with Crippen molar-refractivity contribution < 1.29 is 13.9 Å². The molecule has 0 radical (unpaired) electrons. The number of aryl methyl sites for hydroxylation is 1. The summed E-state index contributed by atoms with van der Waals surface area (Å²) < 4.78 is 24.0. The van der Waals surface area contributed by atoms with Crippen molar-refractivity contribution in [3.8, 4) is 22.6 Å². The highest BCUT2D eigenvalue weighted by Gasteiger charge is 2.11. The number of benzene rings is 1. The third-order valence-electron chi connectivity index (χ3n) is 3.59. The van der Waals surface area contributed by atoms with Gasteiger partial charge >= 0.3 is 0 Å². The smallest absolute Gasteiger partial charge is 0.215 e. The van der Waals surface area contributed by atoms with Crippen LogP contribution >= 0.6 is 0 Å². The molecule has 112 valence electrons. The normalized spacial score (nSPS) is 10.7. The zero-order valence-electron chi connectivity index (χ0n) is 12.6. The van der Waals surface area contributed by atoms with E-state index in [0.717, 1.165) is 21.9 Å². The van der Waals surface area contributed by atoms with Crippen molar-refractivity contribution >= 4 is 10.8 Å². The van der Waals surface area contributed by atoms with Crippen LogP contribution < -0.4 is 9.47 Å². The van der Waals surface area contributed by atoms with E-state index in [1.165, 1.54) is 6.20 Å². The molecule has 2 aromatic heterocycles. The van der Waals surface area contributed by atoms with Crippen LogP contribution in [-0.4, -0.2) is 24.2 Å². The van der Waals surface area contributed by atoms with Crippen LogP contribution in [0.3, 0.4) is 0 Å². The summed E-state index contributed by atoms with van der Waals surface area (Å²) in [5, 5.41) is 1.86. The number of methoxy groups -OCH3 is 2. The number of nitrogens with zero attached hydrogens (tertiary/aromatic N) is 2. The number of aromatic nitrogens is 2. The second-order valence-electron chi connectivity index (χ2n) is 4.95. The minimum atomic E-state index is -0.462. The number of hydrogen-bond donors (Lipinski definition) is 0. The highest BCUT2D eigenvalue weighted by Crippen LogP contribution is 2.36. The molecule has 0 amide bonds. The fourth-order valence-corrected chi connectivity index (χ4v) is 2.43. The number of hydrogen-bond acceptors (Lipinski definition) is 4. The van der Waals surface area contributed by atoms with E-state index in [-0.39, 0.29) is 0 Å². The van der Waals surface area contributed by atoms with Crippen molar-refractivity contribution in [2.75, 3.05) is 14.2 Å². The predicted octanol–water partition coefficient (Wildman–Crippen LogP) is 3.76. The quantitative estimate of drug-likeness (QED) is 0.691. The number of halogens is 1. The van der Waals surface area contributed by atoms with Crippen LogP contribution in [0.15, 0.2) is 36.8 Å². The van der Waals surface area contributed by atoms with E-state index in [4.69, 9.17) is 9.47 Å². The van der Waals surface area contributed by atoms with Gasteiger partial charge in [0.1, 0.15) is 0 Å². The molecule has 0 saturated carbocycles. The molecule has 5 heteroatoms. The molecule has 0 unspecified atom stereocenters. The molecular weight excluding hydrogens is 283 g/mol. The lowest BCUT2D eigenvalue weighted by molar-refractivity contribution is 0.356. The zero-order valence-corrected chi connectivity index (χ0v) is 12.6. The Morgan fingerprint density at radius 1 is 0.955 bits per heavy atom. The molecule has 0 fully saturated rings. The Kier molecular flexibility index (Phi) is 3.63. The first-order valence-corrected chi connectivity index (χ1v) is 6.76. The third-order valence-corrected chi connectivity index (χ3v) is 3.59. The Labute approximate surface area is 127 Å². The average Bonchev–Trinajstić information content (AvgIpc) is 2.55. The summed E-state index contributed by atoms with van der Waals surface area (Å²) in [6.45, 7) is 1.69. The molecule has 3 aromatic rings. The van der Waals surface area contributed by atoms with E-state index in [0.29, 0.717) is 17.1 Å². The van der Waals surface area contributed by atoms with Crippen molar-refractivity contribution in [1.29, 1.82) is 0 Å². The Morgan fingerprint density at radius 2 is 1.68 bits per heavy atom. The van der Waals surface area contributed by atoms with Crippen LogP contribution in [0, 0.1) is 12.9 Å². The first-order chi connectivity index (χ1) is 10.6. The standard InChI is InChI=1S/C17H15FN2O2/c1-10-4-11(8-20-17(10)18)14-9-19-7-12-5-15(21-2)16(22-3)6-13(12)14/h4-9H,1-3H3. The Morgan fingerprint density at radius 3 is 2.36 bits per heavy atom. The summed E-state index contributed by atoms with van der Waals surface area (Å²) in [7, 11) is 3.18. The van der Waals surface area contributed by atoms with Crippen LogP contribution in [0.4, 0.5) is 4.39 Å². The largest absolute Gasteiger partial charge is 0.493 e. The van der Waals surface area contributed by atoms with Crippen LogP contribution in [0.25, 0.3) is 21.9 Å². The average molecular weight is 298 g/mol. The van der Waals surface area contributed by atoms with Gasteiger partial charge in [-0.15, -0.1) is 0 Å². The zero-order chi connectivity index (χ0) is 15.7. The fraction of sp³-hybridized carbons (Fsp3) is 0.176.